The molecule has 25 heavy (non-hydrogen) atoms. The lowest BCUT2D eigenvalue weighted by Crippen LogP contribution is -2.26. The molecule has 0 aromatic heterocycles. The monoisotopic (exact) mass is 335 g/mol. The minimum Gasteiger partial charge on any atom is -0.490 e. The topological polar surface area (TPSA) is 45.7 Å². The first-order chi connectivity index (χ1) is 12.3. The fraction of sp³-hybridized carbons (Fsp3) is 0.381. The third-order valence-corrected chi connectivity index (χ3v) is 4.83. The Labute approximate surface area is 149 Å². The molecular weight excluding hydrogens is 310 g/mol. The van der Waals surface area contributed by atoms with Gasteiger partial charge in [-0.3, -0.25) is 4.99 Å². The van der Waals surface area contributed by atoms with Crippen molar-refractivity contribution in [3.8, 4) is 5.75 Å². The average Bonchev–Trinajstić information content (AvgIpc) is 3.33. The van der Waals surface area contributed by atoms with Gasteiger partial charge in [0.05, 0.1) is 12.6 Å². The Hall–Kier alpha value is -2.49. The summed E-state index contributed by atoms with van der Waals surface area (Å²) in [6.07, 6.45) is 6.36. The van der Waals surface area contributed by atoms with Gasteiger partial charge >= 0.3 is 0 Å². The van der Waals surface area contributed by atoms with Crippen LogP contribution in [0.4, 0.5) is 5.69 Å². The number of benzene rings is 2. The maximum Gasteiger partial charge on any atom is 0.195 e. The average molecular weight is 335 g/mol. The Morgan fingerprint density at radius 1 is 0.960 bits per heavy atom. The molecule has 1 heterocycles. The van der Waals surface area contributed by atoms with Crippen LogP contribution in [0.5, 0.6) is 5.75 Å². The third-order valence-electron chi connectivity index (χ3n) is 4.83. The summed E-state index contributed by atoms with van der Waals surface area (Å²) in [6, 6.07) is 17.1. The largest absolute Gasteiger partial charge is 0.490 e. The van der Waals surface area contributed by atoms with E-state index in [2.05, 4.69) is 64.2 Å². The zero-order valence-electron chi connectivity index (χ0n) is 14.5. The highest BCUT2D eigenvalue weighted by molar-refractivity contribution is 5.94. The predicted octanol–water partition coefficient (Wildman–Crippen LogP) is 3.97. The highest BCUT2D eigenvalue weighted by Crippen LogP contribution is 2.24. The molecule has 2 N–H and O–H groups in total. The van der Waals surface area contributed by atoms with Gasteiger partial charge in [-0.05, 0) is 67.5 Å². The van der Waals surface area contributed by atoms with Crippen LogP contribution in [0, 0.1) is 0 Å². The molecule has 0 unspecified atom stereocenters. The van der Waals surface area contributed by atoms with E-state index in [1.807, 2.05) is 0 Å². The number of hydrogen-bond donors (Lipinski definition) is 2. The van der Waals surface area contributed by atoms with Gasteiger partial charge in [0.1, 0.15) is 5.75 Å². The Morgan fingerprint density at radius 2 is 1.64 bits per heavy atom. The molecule has 2 aromatic carbocycles. The minimum absolute atomic E-state index is 0.421. The molecule has 4 rings (SSSR count). The molecule has 4 heteroatoms. The van der Waals surface area contributed by atoms with E-state index < -0.39 is 0 Å². The number of guanidine groups is 1. The second-order valence-electron chi connectivity index (χ2n) is 6.82. The van der Waals surface area contributed by atoms with Crippen LogP contribution in [-0.4, -0.2) is 25.2 Å². The quantitative estimate of drug-likeness (QED) is 0.869. The van der Waals surface area contributed by atoms with E-state index in [1.165, 1.54) is 36.8 Å². The minimum atomic E-state index is 0.421. The van der Waals surface area contributed by atoms with Crippen molar-refractivity contribution < 1.29 is 4.74 Å². The van der Waals surface area contributed by atoms with Crippen LogP contribution in [0.3, 0.4) is 0 Å². The summed E-state index contributed by atoms with van der Waals surface area (Å²) in [6.45, 7) is 1.77. The molecule has 1 aliphatic heterocycles. The molecule has 0 spiro atoms. The van der Waals surface area contributed by atoms with Gasteiger partial charge in [0.25, 0.3) is 0 Å². The Bertz CT molecular complexity index is 716. The molecule has 2 aliphatic rings. The molecule has 0 bridgehead atoms. The number of anilines is 1. The van der Waals surface area contributed by atoms with Gasteiger partial charge in [0, 0.05) is 12.2 Å². The Balaban J connectivity index is 1.33. The Morgan fingerprint density at radius 3 is 2.28 bits per heavy atom. The summed E-state index contributed by atoms with van der Waals surface area (Å²) in [7, 11) is 0. The zero-order valence-corrected chi connectivity index (χ0v) is 14.5. The van der Waals surface area contributed by atoms with E-state index >= 15 is 0 Å². The third kappa shape index (κ3) is 4.32. The highest BCUT2D eigenvalue weighted by Gasteiger charge is 2.16. The summed E-state index contributed by atoms with van der Waals surface area (Å²) >= 11 is 0. The molecule has 0 radical (unpaired) electrons. The van der Waals surface area contributed by atoms with Gasteiger partial charge in [-0.15, -0.1) is 0 Å². The van der Waals surface area contributed by atoms with Crippen molar-refractivity contribution in [3.05, 3.63) is 59.7 Å². The van der Waals surface area contributed by atoms with Gasteiger partial charge < -0.3 is 15.4 Å². The van der Waals surface area contributed by atoms with Crippen LogP contribution in [0.2, 0.25) is 0 Å². The number of aliphatic imine (C=N–C) groups is 1. The van der Waals surface area contributed by atoms with Gasteiger partial charge in [0.2, 0.25) is 0 Å². The van der Waals surface area contributed by atoms with E-state index in [1.54, 1.807) is 0 Å². The fourth-order valence-electron chi connectivity index (χ4n) is 3.44. The lowest BCUT2D eigenvalue weighted by molar-refractivity contribution is 0.210. The number of hydrogen-bond acceptors (Lipinski definition) is 4. The van der Waals surface area contributed by atoms with E-state index in [0.717, 1.165) is 36.9 Å². The summed E-state index contributed by atoms with van der Waals surface area (Å²) in [5.74, 6) is 1.87. The molecule has 0 atom stereocenters. The first kappa shape index (κ1) is 16.0. The maximum absolute atomic E-state index is 6.03. The second-order valence-corrected chi connectivity index (χ2v) is 6.82. The van der Waals surface area contributed by atoms with E-state index in [9.17, 15) is 0 Å². The van der Waals surface area contributed by atoms with E-state index in [-0.39, 0.29) is 0 Å². The summed E-state index contributed by atoms with van der Waals surface area (Å²) in [5, 5.41) is 6.51. The molecule has 130 valence electrons. The van der Waals surface area contributed by atoms with Crippen LogP contribution in [-0.2, 0) is 6.42 Å². The standard InChI is InChI=1S/C21H25N3O/c1-2-4-19(3-1)25-20-11-7-17(8-12-20)15-16-5-9-18(10-6-16)24-21-22-13-14-23-21/h5-12,19H,1-4,13-15H2,(H2,22,23,24). The first-order valence-corrected chi connectivity index (χ1v) is 9.25. The van der Waals surface area contributed by atoms with Crippen molar-refractivity contribution in [2.24, 2.45) is 4.99 Å². The van der Waals surface area contributed by atoms with E-state index in [0.29, 0.717) is 6.10 Å². The number of rotatable bonds is 5. The van der Waals surface area contributed by atoms with Crippen molar-refractivity contribution in [2.75, 3.05) is 18.4 Å². The summed E-state index contributed by atoms with van der Waals surface area (Å²) < 4.78 is 6.03. The smallest absolute Gasteiger partial charge is 0.195 e. The van der Waals surface area contributed by atoms with Crippen molar-refractivity contribution in [1.29, 1.82) is 0 Å². The van der Waals surface area contributed by atoms with Crippen LogP contribution in [0.25, 0.3) is 0 Å². The molecule has 0 amide bonds. The summed E-state index contributed by atoms with van der Waals surface area (Å²) in [4.78, 5) is 4.35. The highest BCUT2D eigenvalue weighted by atomic mass is 16.5. The zero-order chi connectivity index (χ0) is 16.9. The van der Waals surface area contributed by atoms with Gasteiger partial charge in [0.15, 0.2) is 5.96 Å². The van der Waals surface area contributed by atoms with Crippen LogP contribution < -0.4 is 15.4 Å². The van der Waals surface area contributed by atoms with Crippen molar-refractivity contribution >= 4 is 11.6 Å². The Kier molecular flexibility index (Phi) is 4.86. The van der Waals surface area contributed by atoms with Crippen molar-refractivity contribution in [2.45, 2.75) is 38.2 Å². The first-order valence-electron chi connectivity index (χ1n) is 9.25. The van der Waals surface area contributed by atoms with Crippen LogP contribution >= 0.6 is 0 Å². The molecular formula is C21H25N3O. The van der Waals surface area contributed by atoms with Gasteiger partial charge in [-0.25, -0.2) is 0 Å². The fourth-order valence-corrected chi connectivity index (χ4v) is 3.44. The molecule has 1 saturated carbocycles. The number of nitrogens with zero attached hydrogens (tertiary/aromatic N) is 1. The van der Waals surface area contributed by atoms with Crippen LogP contribution in [0.1, 0.15) is 36.8 Å². The number of nitrogens with one attached hydrogen (secondary N) is 2. The van der Waals surface area contributed by atoms with Crippen molar-refractivity contribution in [1.82, 2.24) is 5.32 Å². The normalized spacial score (nSPS) is 17.2. The molecule has 1 fully saturated rings. The molecule has 2 aromatic rings. The SMILES string of the molecule is c1cc(NC2=NCCN2)ccc1Cc1ccc(OC2CCCC2)cc1. The summed E-state index contributed by atoms with van der Waals surface area (Å²) in [5.41, 5.74) is 3.68. The van der Waals surface area contributed by atoms with E-state index in [4.69, 9.17) is 4.74 Å². The molecule has 1 aliphatic carbocycles. The van der Waals surface area contributed by atoms with Gasteiger partial charge in [-0.1, -0.05) is 24.3 Å². The lowest BCUT2D eigenvalue weighted by atomic mass is 10.0. The van der Waals surface area contributed by atoms with Gasteiger partial charge in [-0.2, -0.15) is 0 Å². The maximum atomic E-state index is 6.03. The molecule has 0 saturated heterocycles. The van der Waals surface area contributed by atoms with Crippen LogP contribution in [0.15, 0.2) is 53.5 Å². The second kappa shape index (κ2) is 7.60. The van der Waals surface area contributed by atoms with Crippen molar-refractivity contribution in [3.63, 3.8) is 0 Å². The predicted molar refractivity (Wildman–Crippen MR) is 103 cm³/mol. The lowest BCUT2D eigenvalue weighted by Gasteiger charge is -2.13. The molecule has 4 nitrogen and oxygen atoms in total. The number of ether oxygens (including phenoxy) is 1.